The van der Waals surface area contributed by atoms with Gasteiger partial charge in [-0.2, -0.15) is 0 Å². The van der Waals surface area contributed by atoms with Crippen LogP contribution in [0.25, 0.3) is 0 Å². The van der Waals surface area contributed by atoms with E-state index in [9.17, 15) is 0 Å². The number of hydrogen-bond donors (Lipinski definition) is 1. The van der Waals surface area contributed by atoms with Crippen molar-refractivity contribution in [2.75, 3.05) is 11.9 Å². The van der Waals surface area contributed by atoms with E-state index in [4.69, 9.17) is 11.6 Å². The van der Waals surface area contributed by atoms with Crippen molar-refractivity contribution in [2.45, 2.75) is 45.4 Å². The third kappa shape index (κ3) is 3.98. The molecule has 0 aliphatic heterocycles. The molecule has 0 radical (unpaired) electrons. The maximum Gasteiger partial charge on any atom is 0.134 e. The largest absolute Gasteiger partial charge is 0.370 e. The van der Waals surface area contributed by atoms with Gasteiger partial charge in [0.05, 0.1) is 0 Å². The highest BCUT2D eigenvalue weighted by Crippen LogP contribution is 2.20. The molecule has 1 aliphatic rings. The molecule has 4 heteroatoms. The summed E-state index contributed by atoms with van der Waals surface area (Å²) < 4.78 is 0. The molecule has 1 heterocycles. The van der Waals surface area contributed by atoms with Crippen LogP contribution in [0.4, 0.5) is 5.82 Å². The second-order valence-electron chi connectivity index (χ2n) is 4.63. The molecule has 2 rings (SSSR count). The fraction of sp³-hybridized carbons (Fsp3) is 0.571. The Labute approximate surface area is 114 Å². The van der Waals surface area contributed by atoms with Crippen molar-refractivity contribution >= 4 is 17.4 Å². The topological polar surface area (TPSA) is 37.8 Å². The summed E-state index contributed by atoms with van der Waals surface area (Å²) in [5.41, 5.74) is 1.57. The van der Waals surface area contributed by atoms with Crippen molar-refractivity contribution < 1.29 is 0 Å². The molecular formula is C14H20ClN3. The molecule has 98 valence electrons. The molecule has 0 unspecified atom stereocenters. The van der Waals surface area contributed by atoms with Crippen LogP contribution in [-0.4, -0.2) is 16.5 Å². The van der Waals surface area contributed by atoms with Gasteiger partial charge in [-0.15, -0.1) is 0 Å². The van der Waals surface area contributed by atoms with Crippen LogP contribution in [0.2, 0.25) is 5.15 Å². The Kier molecular flexibility index (Phi) is 5.00. The van der Waals surface area contributed by atoms with Crippen molar-refractivity contribution in [2.24, 2.45) is 0 Å². The van der Waals surface area contributed by atoms with E-state index < -0.39 is 0 Å². The van der Waals surface area contributed by atoms with Gasteiger partial charge in [-0.05, 0) is 32.1 Å². The van der Waals surface area contributed by atoms with E-state index in [0.29, 0.717) is 5.15 Å². The molecule has 0 saturated carbocycles. The summed E-state index contributed by atoms with van der Waals surface area (Å²) in [6, 6.07) is 1.79. The summed E-state index contributed by atoms with van der Waals surface area (Å²) in [5.74, 6) is 1.63. The van der Waals surface area contributed by atoms with Crippen molar-refractivity contribution in [1.29, 1.82) is 0 Å². The molecule has 1 aliphatic carbocycles. The number of rotatable bonds is 5. The molecule has 1 N–H and O–H groups in total. The van der Waals surface area contributed by atoms with Gasteiger partial charge >= 0.3 is 0 Å². The number of nitrogens with one attached hydrogen (secondary N) is 1. The Hall–Kier alpha value is -1.09. The van der Waals surface area contributed by atoms with Gasteiger partial charge in [0.2, 0.25) is 0 Å². The van der Waals surface area contributed by atoms with E-state index >= 15 is 0 Å². The van der Waals surface area contributed by atoms with Gasteiger partial charge in [-0.1, -0.05) is 30.2 Å². The molecule has 18 heavy (non-hydrogen) atoms. The number of halogens is 1. The first-order valence-corrected chi connectivity index (χ1v) is 7.11. The highest BCUT2D eigenvalue weighted by atomic mass is 35.5. The summed E-state index contributed by atoms with van der Waals surface area (Å²) in [7, 11) is 0. The average molecular weight is 266 g/mol. The zero-order chi connectivity index (χ0) is 12.8. The molecule has 1 aromatic heterocycles. The summed E-state index contributed by atoms with van der Waals surface area (Å²) in [6.45, 7) is 2.95. The second kappa shape index (κ2) is 6.74. The third-order valence-corrected chi connectivity index (χ3v) is 3.39. The molecule has 0 spiro atoms. The van der Waals surface area contributed by atoms with Crippen molar-refractivity contribution in [3.8, 4) is 0 Å². The summed E-state index contributed by atoms with van der Waals surface area (Å²) in [6.07, 6.45) is 9.48. The number of nitrogens with zero attached hydrogens (tertiary/aromatic N) is 2. The summed E-state index contributed by atoms with van der Waals surface area (Å²) in [4.78, 5) is 8.56. The van der Waals surface area contributed by atoms with Gasteiger partial charge in [-0.25, -0.2) is 9.97 Å². The van der Waals surface area contributed by atoms with Crippen LogP contribution in [0, 0.1) is 0 Å². The fourth-order valence-electron chi connectivity index (χ4n) is 2.20. The van der Waals surface area contributed by atoms with Crippen LogP contribution in [0.5, 0.6) is 0 Å². The SMILES string of the molecule is CCc1nc(Cl)cc(NCCC2=CCCCC2)n1. The van der Waals surface area contributed by atoms with Crippen LogP contribution in [0.1, 0.15) is 44.9 Å². The Balaban J connectivity index is 1.86. The molecule has 0 amide bonds. The Bertz CT molecular complexity index is 429. The molecule has 0 saturated heterocycles. The summed E-state index contributed by atoms with van der Waals surface area (Å²) >= 11 is 5.95. The van der Waals surface area contributed by atoms with Gasteiger partial charge in [0.25, 0.3) is 0 Å². The minimum absolute atomic E-state index is 0.515. The molecule has 3 nitrogen and oxygen atoms in total. The lowest BCUT2D eigenvalue weighted by atomic mass is 9.97. The van der Waals surface area contributed by atoms with E-state index in [0.717, 1.165) is 31.0 Å². The van der Waals surface area contributed by atoms with Crippen LogP contribution < -0.4 is 5.32 Å². The van der Waals surface area contributed by atoms with Crippen molar-refractivity contribution in [1.82, 2.24) is 9.97 Å². The minimum Gasteiger partial charge on any atom is -0.370 e. The zero-order valence-corrected chi connectivity index (χ0v) is 11.6. The lowest BCUT2D eigenvalue weighted by Crippen LogP contribution is -2.07. The predicted octanol–water partition coefficient (Wildman–Crippen LogP) is 3.99. The minimum atomic E-state index is 0.515. The lowest BCUT2D eigenvalue weighted by Gasteiger charge is -2.13. The van der Waals surface area contributed by atoms with Crippen molar-refractivity contribution in [3.63, 3.8) is 0 Å². The molecule has 1 aromatic rings. The Morgan fingerprint density at radius 3 is 2.94 bits per heavy atom. The smallest absolute Gasteiger partial charge is 0.134 e. The van der Waals surface area contributed by atoms with Gasteiger partial charge in [0.15, 0.2) is 0 Å². The van der Waals surface area contributed by atoms with E-state index in [1.54, 1.807) is 11.6 Å². The number of aromatic nitrogens is 2. The van der Waals surface area contributed by atoms with E-state index in [-0.39, 0.29) is 0 Å². The van der Waals surface area contributed by atoms with Gasteiger partial charge in [0.1, 0.15) is 16.8 Å². The first kappa shape index (κ1) is 13.3. The van der Waals surface area contributed by atoms with Crippen LogP contribution in [-0.2, 0) is 6.42 Å². The third-order valence-electron chi connectivity index (χ3n) is 3.19. The van der Waals surface area contributed by atoms with E-state index in [2.05, 4.69) is 21.4 Å². The normalized spacial score (nSPS) is 15.3. The van der Waals surface area contributed by atoms with Gasteiger partial charge in [-0.3, -0.25) is 0 Å². The zero-order valence-electron chi connectivity index (χ0n) is 10.9. The van der Waals surface area contributed by atoms with E-state index in [1.165, 1.54) is 25.7 Å². The molecular weight excluding hydrogens is 246 g/mol. The molecule has 0 fully saturated rings. The second-order valence-corrected chi connectivity index (χ2v) is 5.02. The van der Waals surface area contributed by atoms with Crippen LogP contribution in [0.15, 0.2) is 17.7 Å². The monoisotopic (exact) mass is 265 g/mol. The average Bonchev–Trinajstić information content (AvgIpc) is 2.39. The maximum atomic E-state index is 5.95. The molecule has 0 atom stereocenters. The number of aryl methyl sites for hydroxylation is 1. The highest BCUT2D eigenvalue weighted by molar-refractivity contribution is 6.29. The van der Waals surface area contributed by atoms with Crippen molar-refractivity contribution in [3.05, 3.63) is 28.7 Å². The summed E-state index contributed by atoms with van der Waals surface area (Å²) in [5, 5.41) is 3.85. The van der Waals surface area contributed by atoms with E-state index in [1.807, 2.05) is 6.92 Å². The van der Waals surface area contributed by atoms with Gasteiger partial charge < -0.3 is 5.32 Å². The first-order chi connectivity index (χ1) is 8.78. The lowest BCUT2D eigenvalue weighted by molar-refractivity contribution is 0.679. The maximum absolute atomic E-state index is 5.95. The Morgan fingerprint density at radius 1 is 1.33 bits per heavy atom. The fourth-order valence-corrected chi connectivity index (χ4v) is 2.40. The number of hydrogen-bond acceptors (Lipinski definition) is 3. The number of anilines is 1. The first-order valence-electron chi connectivity index (χ1n) is 6.73. The number of allylic oxidation sites excluding steroid dienone is 1. The van der Waals surface area contributed by atoms with Crippen LogP contribution >= 0.6 is 11.6 Å². The Morgan fingerprint density at radius 2 is 2.22 bits per heavy atom. The standard InChI is InChI=1S/C14H20ClN3/c1-2-13-17-12(15)10-14(18-13)16-9-8-11-6-4-3-5-7-11/h6,10H,2-5,7-9H2,1H3,(H,16,17,18). The van der Waals surface area contributed by atoms with Crippen LogP contribution in [0.3, 0.4) is 0 Å². The molecule has 0 aromatic carbocycles. The highest BCUT2D eigenvalue weighted by Gasteiger charge is 2.04. The predicted molar refractivity (Wildman–Crippen MR) is 76.1 cm³/mol. The molecule has 0 bridgehead atoms. The van der Waals surface area contributed by atoms with Gasteiger partial charge in [0, 0.05) is 19.0 Å². The quantitative estimate of drug-likeness (QED) is 0.646.